The van der Waals surface area contributed by atoms with Gasteiger partial charge < -0.3 is 34.4 Å². The lowest BCUT2D eigenvalue weighted by Crippen LogP contribution is -2.66. The van der Waals surface area contributed by atoms with E-state index in [0.717, 1.165) is 4.90 Å². The van der Waals surface area contributed by atoms with Crippen molar-refractivity contribution in [3.05, 3.63) is 64.7 Å². The molecular formula is C25H25NO8. The maximum absolute atomic E-state index is 13.4. The summed E-state index contributed by atoms with van der Waals surface area (Å²) in [5.74, 6) is -6.70. The van der Waals surface area contributed by atoms with Crippen LogP contribution in [0.4, 0.5) is 0 Å². The quantitative estimate of drug-likeness (QED) is 0.443. The normalized spacial score (nSPS) is 26.5. The lowest BCUT2D eigenvalue weighted by Gasteiger charge is -2.45. The molecule has 1 spiro atoms. The van der Waals surface area contributed by atoms with Crippen LogP contribution in [0.5, 0.6) is 11.5 Å². The molecule has 3 aliphatic rings. The SMILES string of the molecule is COc1ccc(C2=C3C(=O)C(=O)N(CC(C)C)[C@@]34C(O)(O)c3ccccc3[C@]4(O)O2)cc1OC. The van der Waals surface area contributed by atoms with Crippen LogP contribution in [-0.4, -0.2) is 58.2 Å². The van der Waals surface area contributed by atoms with E-state index in [-0.39, 0.29) is 34.9 Å². The molecule has 0 radical (unpaired) electrons. The summed E-state index contributed by atoms with van der Waals surface area (Å²) < 4.78 is 16.7. The fourth-order valence-electron chi connectivity index (χ4n) is 5.47. The van der Waals surface area contributed by atoms with Crippen LogP contribution in [0, 0.1) is 5.92 Å². The lowest BCUT2D eigenvalue weighted by molar-refractivity contribution is -0.312. The monoisotopic (exact) mass is 467 g/mol. The highest BCUT2D eigenvalue weighted by atomic mass is 16.6. The number of ether oxygens (including phenoxy) is 3. The molecule has 1 saturated heterocycles. The predicted molar refractivity (Wildman–Crippen MR) is 118 cm³/mol. The highest BCUT2D eigenvalue weighted by Crippen LogP contribution is 2.67. The topological polar surface area (TPSA) is 126 Å². The Morgan fingerprint density at radius 3 is 2.24 bits per heavy atom. The second-order valence-corrected chi connectivity index (χ2v) is 9.09. The first-order valence-electron chi connectivity index (χ1n) is 10.9. The van der Waals surface area contributed by atoms with Gasteiger partial charge in [0.05, 0.1) is 19.8 Å². The number of aliphatic hydroxyl groups is 3. The molecule has 1 amide bonds. The van der Waals surface area contributed by atoms with Crippen molar-refractivity contribution in [3.8, 4) is 11.5 Å². The summed E-state index contributed by atoms with van der Waals surface area (Å²) in [7, 11) is 2.91. The Morgan fingerprint density at radius 1 is 0.971 bits per heavy atom. The minimum absolute atomic E-state index is 0.0180. The molecule has 0 bridgehead atoms. The molecule has 2 aromatic rings. The van der Waals surface area contributed by atoms with Crippen molar-refractivity contribution in [1.82, 2.24) is 4.90 Å². The second kappa shape index (κ2) is 7.05. The molecule has 0 aromatic heterocycles. The van der Waals surface area contributed by atoms with E-state index >= 15 is 0 Å². The van der Waals surface area contributed by atoms with Crippen LogP contribution in [0.3, 0.4) is 0 Å². The number of fused-ring (bicyclic) bond motifs is 2. The molecule has 9 heteroatoms. The van der Waals surface area contributed by atoms with E-state index in [0.29, 0.717) is 17.1 Å². The number of ketones is 1. The van der Waals surface area contributed by atoms with Crippen molar-refractivity contribution in [3.63, 3.8) is 0 Å². The van der Waals surface area contributed by atoms with Gasteiger partial charge in [0, 0.05) is 23.2 Å². The summed E-state index contributed by atoms with van der Waals surface area (Å²) in [5.41, 5.74) is -2.29. The highest BCUT2D eigenvalue weighted by molar-refractivity contribution is 6.48. The number of nitrogens with zero attached hydrogens (tertiary/aromatic N) is 1. The average molecular weight is 467 g/mol. The van der Waals surface area contributed by atoms with Gasteiger partial charge in [0.2, 0.25) is 11.3 Å². The average Bonchev–Trinajstić information content (AvgIpc) is 3.28. The first-order chi connectivity index (χ1) is 16.1. The third-order valence-corrected chi connectivity index (χ3v) is 6.77. The number of Topliss-reactive ketones (excluding diaryl/α,β-unsaturated/α-hetero) is 1. The maximum atomic E-state index is 13.4. The zero-order valence-corrected chi connectivity index (χ0v) is 19.2. The maximum Gasteiger partial charge on any atom is 0.296 e. The van der Waals surface area contributed by atoms with Crippen molar-refractivity contribution in [2.24, 2.45) is 5.92 Å². The van der Waals surface area contributed by atoms with Gasteiger partial charge >= 0.3 is 0 Å². The van der Waals surface area contributed by atoms with Gasteiger partial charge in [-0.05, 0) is 24.1 Å². The Morgan fingerprint density at radius 2 is 1.62 bits per heavy atom. The van der Waals surface area contributed by atoms with E-state index in [1.54, 1.807) is 24.3 Å². The van der Waals surface area contributed by atoms with Gasteiger partial charge in [0.25, 0.3) is 17.5 Å². The molecular weight excluding hydrogens is 442 g/mol. The Balaban J connectivity index is 1.86. The number of carbonyl (C=O) groups is 2. The third kappa shape index (κ3) is 2.38. The molecule has 1 aliphatic carbocycles. The molecule has 34 heavy (non-hydrogen) atoms. The van der Waals surface area contributed by atoms with Gasteiger partial charge in [-0.2, -0.15) is 0 Å². The first-order valence-corrected chi connectivity index (χ1v) is 10.9. The number of carbonyl (C=O) groups excluding carboxylic acids is 2. The number of rotatable bonds is 5. The van der Waals surface area contributed by atoms with Gasteiger partial charge in [-0.1, -0.05) is 38.1 Å². The summed E-state index contributed by atoms with van der Waals surface area (Å²) >= 11 is 0. The van der Waals surface area contributed by atoms with Gasteiger partial charge in [-0.25, -0.2) is 0 Å². The van der Waals surface area contributed by atoms with Crippen molar-refractivity contribution in [2.45, 2.75) is 31.0 Å². The fraction of sp³-hybridized carbons (Fsp3) is 0.360. The van der Waals surface area contributed by atoms with Gasteiger partial charge in [-0.3, -0.25) is 9.59 Å². The van der Waals surface area contributed by atoms with Crippen molar-refractivity contribution in [2.75, 3.05) is 20.8 Å². The summed E-state index contributed by atoms with van der Waals surface area (Å²) in [5, 5.41) is 35.3. The molecule has 2 atom stereocenters. The molecule has 9 nitrogen and oxygen atoms in total. The number of likely N-dealkylation sites (tertiary alicyclic amines) is 1. The lowest BCUT2D eigenvalue weighted by atomic mass is 9.78. The molecule has 1 fully saturated rings. The molecule has 0 saturated carbocycles. The second-order valence-electron chi connectivity index (χ2n) is 9.09. The smallest absolute Gasteiger partial charge is 0.296 e. The van der Waals surface area contributed by atoms with E-state index < -0.39 is 28.8 Å². The van der Waals surface area contributed by atoms with Gasteiger partial charge in [-0.15, -0.1) is 0 Å². The molecule has 2 heterocycles. The van der Waals surface area contributed by atoms with E-state index in [9.17, 15) is 24.9 Å². The largest absolute Gasteiger partial charge is 0.493 e. The van der Waals surface area contributed by atoms with E-state index in [1.807, 2.05) is 13.8 Å². The van der Waals surface area contributed by atoms with Crippen LogP contribution in [0.15, 0.2) is 48.0 Å². The third-order valence-electron chi connectivity index (χ3n) is 6.77. The number of methoxy groups -OCH3 is 2. The van der Waals surface area contributed by atoms with E-state index in [1.165, 1.54) is 32.4 Å². The molecule has 2 aliphatic heterocycles. The first kappa shape index (κ1) is 22.4. The van der Waals surface area contributed by atoms with Crippen molar-refractivity contribution in [1.29, 1.82) is 0 Å². The Bertz CT molecular complexity index is 1270. The van der Waals surface area contributed by atoms with Gasteiger partial charge in [0.15, 0.2) is 11.5 Å². The summed E-state index contributed by atoms with van der Waals surface area (Å²) in [6, 6.07) is 10.8. The number of benzene rings is 2. The van der Waals surface area contributed by atoms with Crippen LogP contribution in [-0.2, 0) is 25.9 Å². The zero-order valence-electron chi connectivity index (χ0n) is 19.2. The number of hydrogen-bond donors (Lipinski definition) is 3. The van der Waals surface area contributed by atoms with Crippen molar-refractivity contribution < 1.29 is 39.1 Å². The molecule has 2 aromatic carbocycles. The van der Waals surface area contributed by atoms with Crippen LogP contribution < -0.4 is 9.47 Å². The minimum Gasteiger partial charge on any atom is -0.493 e. The molecule has 3 N–H and O–H groups in total. The summed E-state index contributed by atoms with van der Waals surface area (Å²) in [6.45, 7) is 3.62. The van der Waals surface area contributed by atoms with E-state index in [2.05, 4.69) is 0 Å². The Kier molecular flexibility index (Phi) is 4.64. The number of amides is 1. The predicted octanol–water partition coefficient (Wildman–Crippen LogP) is 1.25. The summed E-state index contributed by atoms with van der Waals surface area (Å²) in [4.78, 5) is 27.8. The van der Waals surface area contributed by atoms with Crippen LogP contribution in [0.25, 0.3) is 5.76 Å². The standard InChI is InChI=1S/C25H25NO8/c1-13(2)12-26-22(28)20(27)19-21(14-9-10-17(32-3)18(11-14)33-4)34-25(31)16-8-6-5-7-15(16)24(29,30)23(19,25)26/h5-11,13,29-31H,12H2,1-4H3/t23-,25+/m1/s1. The zero-order chi connectivity index (χ0) is 24.6. The van der Waals surface area contributed by atoms with Crippen LogP contribution in [0.2, 0.25) is 0 Å². The van der Waals surface area contributed by atoms with Crippen molar-refractivity contribution >= 4 is 17.4 Å². The van der Waals surface area contributed by atoms with E-state index in [4.69, 9.17) is 14.2 Å². The van der Waals surface area contributed by atoms with Gasteiger partial charge in [0.1, 0.15) is 5.76 Å². The number of hydrogen-bond acceptors (Lipinski definition) is 8. The fourth-order valence-corrected chi connectivity index (χ4v) is 5.47. The Labute approximate surface area is 195 Å². The molecule has 5 rings (SSSR count). The van der Waals surface area contributed by atoms with Crippen LogP contribution in [0.1, 0.15) is 30.5 Å². The summed E-state index contributed by atoms with van der Waals surface area (Å²) in [6.07, 6.45) is 0. The highest BCUT2D eigenvalue weighted by Gasteiger charge is 2.85. The Hall–Kier alpha value is -3.40. The molecule has 0 unspecified atom stereocenters. The van der Waals surface area contributed by atoms with Crippen LogP contribution >= 0.6 is 0 Å². The molecule has 178 valence electrons. The minimum atomic E-state index is -2.82.